The SMILES string of the molecule is CC(CC(=O)O)(NCc1ccc(Cl)o1)C(F)F. The Morgan fingerprint density at radius 3 is 2.71 bits per heavy atom. The average molecular weight is 268 g/mol. The van der Waals surface area contributed by atoms with Gasteiger partial charge < -0.3 is 9.52 Å². The minimum absolute atomic E-state index is 0.0131. The van der Waals surface area contributed by atoms with Crippen LogP contribution in [-0.4, -0.2) is 23.0 Å². The standard InChI is InChI=1S/C10H12ClF2NO3/c1-10(9(12)13,4-8(15)16)14-5-6-2-3-7(11)17-6/h2-3,9,14H,4-5H2,1H3,(H,15,16). The summed E-state index contributed by atoms with van der Waals surface area (Å²) in [6.07, 6.45) is -3.48. The van der Waals surface area contributed by atoms with E-state index in [0.29, 0.717) is 5.76 Å². The number of hydrogen-bond donors (Lipinski definition) is 2. The van der Waals surface area contributed by atoms with Gasteiger partial charge in [-0.25, -0.2) is 8.78 Å². The van der Waals surface area contributed by atoms with Crippen LogP contribution in [0.3, 0.4) is 0 Å². The summed E-state index contributed by atoms with van der Waals surface area (Å²) in [4.78, 5) is 10.5. The van der Waals surface area contributed by atoms with Gasteiger partial charge in [-0.05, 0) is 30.7 Å². The van der Waals surface area contributed by atoms with Crippen LogP contribution in [0, 0.1) is 0 Å². The molecule has 0 aliphatic rings. The lowest BCUT2D eigenvalue weighted by molar-refractivity contribution is -0.140. The highest BCUT2D eigenvalue weighted by molar-refractivity contribution is 6.28. The number of furan rings is 1. The van der Waals surface area contributed by atoms with Crippen molar-refractivity contribution in [3.05, 3.63) is 23.1 Å². The number of hydrogen-bond acceptors (Lipinski definition) is 3. The van der Waals surface area contributed by atoms with Crippen LogP contribution in [0.1, 0.15) is 19.1 Å². The molecule has 0 amide bonds. The molecule has 1 unspecified atom stereocenters. The Bertz CT molecular complexity index is 397. The second-order valence-corrected chi connectivity index (χ2v) is 4.22. The van der Waals surface area contributed by atoms with E-state index in [1.165, 1.54) is 12.1 Å². The summed E-state index contributed by atoms with van der Waals surface area (Å²) in [7, 11) is 0. The molecule has 0 radical (unpaired) electrons. The fourth-order valence-corrected chi connectivity index (χ4v) is 1.43. The Morgan fingerprint density at radius 2 is 2.29 bits per heavy atom. The second kappa shape index (κ2) is 5.46. The number of nitrogens with one attached hydrogen (secondary N) is 1. The molecule has 1 rings (SSSR count). The fourth-order valence-electron chi connectivity index (χ4n) is 1.27. The van der Waals surface area contributed by atoms with Gasteiger partial charge in [-0.15, -0.1) is 0 Å². The maximum absolute atomic E-state index is 12.8. The number of alkyl halides is 2. The molecule has 0 bridgehead atoms. The maximum atomic E-state index is 12.8. The van der Waals surface area contributed by atoms with Gasteiger partial charge in [0.15, 0.2) is 5.22 Å². The molecule has 0 saturated heterocycles. The predicted molar refractivity (Wildman–Crippen MR) is 57.2 cm³/mol. The first-order chi connectivity index (χ1) is 7.83. The Morgan fingerprint density at radius 1 is 1.65 bits per heavy atom. The van der Waals surface area contributed by atoms with Gasteiger partial charge in [-0.2, -0.15) is 0 Å². The second-order valence-electron chi connectivity index (χ2n) is 3.85. The van der Waals surface area contributed by atoms with Gasteiger partial charge in [-0.1, -0.05) is 0 Å². The molecule has 0 aromatic carbocycles. The Hall–Kier alpha value is -1.14. The Labute approximate surface area is 102 Å². The molecule has 1 aromatic heterocycles. The number of aliphatic carboxylic acids is 1. The van der Waals surface area contributed by atoms with Crippen molar-refractivity contribution in [2.45, 2.75) is 31.9 Å². The van der Waals surface area contributed by atoms with Crippen molar-refractivity contribution in [1.29, 1.82) is 0 Å². The molecule has 0 aliphatic heterocycles. The van der Waals surface area contributed by atoms with Crippen LogP contribution in [0.5, 0.6) is 0 Å². The van der Waals surface area contributed by atoms with E-state index in [4.69, 9.17) is 21.1 Å². The molecule has 4 nitrogen and oxygen atoms in total. The molecular formula is C10H12ClF2NO3. The van der Waals surface area contributed by atoms with Crippen molar-refractivity contribution in [2.24, 2.45) is 0 Å². The largest absolute Gasteiger partial charge is 0.481 e. The molecule has 1 heterocycles. The quantitative estimate of drug-likeness (QED) is 0.831. The molecule has 0 aliphatic carbocycles. The van der Waals surface area contributed by atoms with Gasteiger partial charge in [-0.3, -0.25) is 10.1 Å². The smallest absolute Gasteiger partial charge is 0.305 e. The van der Waals surface area contributed by atoms with Crippen LogP contribution in [0.2, 0.25) is 5.22 Å². The number of halogens is 3. The lowest BCUT2D eigenvalue weighted by Crippen LogP contribution is -2.49. The Kier molecular flexibility index (Phi) is 4.47. The summed E-state index contributed by atoms with van der Waals surface area (Å²) in [5.41, 5.74) is -1.80. The normalized spacial score (nSPS) is 14.9. The molecule has 96 valence electrons. The van der Waals surface area contributed by atoms with Gasteiger partial charge in [0.2, 0.25) is 0 Å². The van der Waals surface area contributed by atoms with Crippen LogP contribution in [0.15, 0.2) is 16.5 Å². The van der Waals surface area contributed by atoms with E-state index in [2.05, 4.69) is 5.32 Å². The summed E-state index contributed by atoms with van der Waals surface area (Å²) in [6, 6.07) is 3.01. The molecule has 1 aromatic rings. The summed E-state index contributed by atoms with van der Waals surface area (Å²) < 4.78 is 30.5. The molecule has 0 fully saturated rings. The molecule has 0 spiro atoms. The molecule has 0 saturated carbocycles. The Balaban J connectivity index is 2.64. The summed E-state index contributed by atoms with van der Waals surface area (Å²) >= 11 is 5.52. The third kappa shape index (κ3) is 3.98. The maximum Gasteiger partial charge on any atom is 0.305 e. The molecule has 2 N–H and O–H groups in total. The van der Waals surface area contributed by atoms with Crippen molar-refractivity contribution in [3.63, 3.8) is 0 Å². The zero-order chi connectivity index (χ0) is 13.1. The zero-order valence-electron chi connectivity index (χ0n) is 9.04. The summed E-state index contributed by atoms with van der Waals surface area (Å²) in [5, 5.41) is 11.2. The van der Waals surface area contributed by atoms with Crippen LogP contribution >= 0.6 is 11.6 Å². The third-order valence-electron chi connectivity index (χ3n) is 2.30. The zero-order valence-corrected chi connectivity index (χ0v) is 9.80. The topological polar surface area (TPSA) is 62.5 Å². The predicted octanol–water partition coefficient (Wildman–Crippen LogP) is 2.52. The first-order valence-electron chi connectivity index (χ1n) is 4.82. The van der Waals surface area contributed by atoms with Crippen LogP contribution < -0.4 is 5.32 Å². The highest BCUT2D eigenvalue weighted by Crippen LogP contribution is 2.21. The monoisotopic (exact) mass is 267 g/mol. The lowest BCUT2D eigenvalue weighted by Gasteiger charge is -2.27. The molecule has 7 heteroatoms. The van der Waals surface area contributed by atoms with E-state index in [0.717, 1.165) is 6.92 Å². The van der Waals surface area contributed by atoms with E-state index < -0.39 is 24.4 Å². The number of carboxylic acid groups (broad SMARTS) is 1. The van der Waals surface area contributed by atoms with E-state index >= 15 is 0 Å². The molecular weight excluding hydrogens is 256 g/mol. The van der Waals surface area contributed by atoms with E-state index in [1.807, 2.05) is 0 Å². The minimum atomic E-state index is -2.80. The first kappa shape index (κ1) is 13.9. The van der Waals surface area contributed by atoms with E-state index in [1.54, 1.807) is 0 Å². The van der Waals surface area contributed by atoms with Crippen molar-refractivity contribution in [1.82, 2.24) is 5.32 Å². The summed E-state index contributed by atoms with van der Waals surface area (Å²) in [6.45, 7) is 1.14. The average Bonchev–Trinajstić information content (AvgIpc) is 2.60. The van der Waals surface area contributed by atoms with Crippen molar-refractivity contribution in [2.75, 3.05) is 0 Å². The van der Waals surface area contributed by atoms with Crippen molar-refractivity contribution < 1.29 is 23.1 Å². The van der Waals surface area contributed by atoms with Gasteiger partial charge in [0.05, 0.1) is 18.5 Å². The van der Waals surface area contributed by atoms with Crippen LogP contribution in [0.4, 0.5) is 8.78 Å². The van der Waals surface area contributed by atoms with E-state index in [-0.39, 0.29) is 11.8 Å². The van der Waals surface area contributed by atoms with Gasteiger partial charge in [0.1, 0.15) is 5.76 Å². The lowest BCUT2D eigenvalue weighted by atomic mass is 9.98. The summed E-state index contributed by atoms with van der Waals surface area (Å²) in [5.74, 6) is -0.926. The van der Waals surface area contributed by atoms with Crippen LogP contribution in [-0.2, 0) is 11.3 Å². The van der Waals surface area contributed by atoms with Crippen molar-refractivity contribution >= 4 is 17.6 Å². The number of rotatable bonds is 6. The van der Waals surface area contributed by atoms with Gasteiger partial charge in [0, 0.05) is 0 Å². The van der Waals surface area contributed by atoms with Crippen molar-refractivity contribution in [3.8, 4) is 0 Å². The van der Waals surface area contributed by atoms with Crippen LogP contribution in [0.25, 0.3) is 0 Å². The number of carbonyl (C=O) groups is 1. The molecule has 1 atom stereocenters. The van der Waals surface area contributed by atoms with Gasteiger partial charge >= 0.3 is 5.97 Å². The van der Waals surface area contributed by atoms with E-state index in [9.17, 15) is 13.6 Å². The fraction of sp³-hybridized carbons (Fsp3) is 0.500. The highest BCUT2D eigenvalue weighted by atomic mass is 35.5. The minimum Gasteiger partial charge on any atom is -0.481 e. The first-order valence-corrected chi connectivity index (χ1v) is 5.20. The van der Waals surface area contributed by atoms with Gasteiger partial charge in [0.25, 0.3) is 6.43 Å². The third-order valence-corrected chi connectivity index (χ3v) is 2.50. The molecule has 17 heavy (non-hydrogen) atoms. The highest BCUT2D eigenvalue weighted by Gasteiger charge is 2.37. The number of carboxylic acids is 1.